The number of rotatable bonds is 7. The van der Waals surface area contributed by atoms with Gasteiger partial charge in [0.1, 0.15) is 0 Å². The highest BCUT2D eigenvalue weighted by molar-refractivity contribution is 5.98. The first-order valence-corrected chi connectivity index (χ1v) is 11.7. The quantitative estimate of drug-likeness (QED) is 0.558. The molecule has 2 aliphatic rings. The van der Waals surface area contributed by atoms with Crippen LogP contribution in [0.4, 0.5) is 10.1 Å². The largest absolute Gasteiger partial charge is 0.477 e. The molecule has 3 heterocycles. The molecule has 1 aliphatic heterocycles. The van der Waals surface area contributed by atoms with Crippen LogP contribution in [0, 0.1) is 0 Å². The van der Waals surface area contributed by atoms with E-state index in [4.69, 9.17) is 9.84 Å². The highest BCUT2D eigenvalue weighted by Crippen LogP contribution is 2.43. The fourth-order valence-electron chi connectivity index (χ4n) is 4.89. The van der Waals surface area contributed by atoms with E-state index in [9.17, 15) is 9.90 Å². The summed E-state index contributed by atoms with van der Waals surface area (Å²) in [5, 5.41) is 15.6. The Bertz CT molecular complexity index is 1160. The molecule has 174 valence electrons. The van der Waals surface area contributed by atoms with Crippen LogP contribution in [0.15, 0.2) is 36.4 Å². The molecule has 0 radical (unpaired) electrons. The number of carboxylic acids is 1. The van der Waals surface area contributed by atoms with E-state index in [1.807, 2.05) is 42.2 Å². The van der Waals surface area contributed by atoms with Crippen LogP contribution in [-0.4, -0.2) is 57.8 Å². The molecule has 0 spiro atoms. The van der Waals surface area contributed by atoms with Crippen molar-refractivity contribution in [3.63, 3.8) is 0 Å². The van der Waals surface area contributed by atoms with E-state index in [0.717, 1.165) is 36.0 Å². The SMILES string of the molecule is CCOCC1(F)CCCN(c2cc(C(=O)O)nc3c2c(C2CCC2)nn3-c2ccccc2)C1. The molecule has 8 heteroatoms. The number of hydrogen-bond donors (Lipinski definition) is 1. The van der Waals surface area contributed by atoms with Crippen molar-refractivity contribution in [2.75, 3.05) is 31.2 Å². The van der Waals surface area contributed by atoms with E-state index in [0.29, 0.717) is 43.2 Å². The van der Waals surface area contributed by atoms with Gasteiger partial charge in [-0.25, -0.2) is 18.9 Å². The zero-order valence-corrected chi connectivity index (χ0v) is 18.8. The number of alkyl halides is 1. The second-order valence-corrected chi connectivity index (χ2v) is 9.10. The van der Waals surface area contributed by atoms with Gasteiger partial charge in [-0.15, -0.1) is 0 Å². The lowest BCUT2D eigenvalue weighted by Crippen LogP contribution is -2.48. The first-order valence-electron chi connectivity index (χ1n) is 11.7. The summed E-state index contributed by atoms with van der Waals surface area (Å²) in [7, 11) is 0. The number of fused-ring (bicyclic) bond motifs is 1. The average Bonchev–Trinajstić information content (AvgIpc) is 3.15. The molecule has 5 rings (SSSR count). The van der Waals surface area contributed by atoms with Crippen LogP contribution in [0.25, 0.3) is 16.7 Å². The topological polar surface area (TPSA) is 80.5 Å². The van der Waals surface area contributed by atoms with Gasteiger partial charge in [-0.3, -0.25) is 0 Å². The highest BCUT2D eigenvalue weighted by atomic mass is 19.1. The molecule has 2 aromatic heterocycles. The summed E-state index contributed by atoms with van der Waals surface area (Å²) in [6.45, 7) is 3.17. The van der Waals surface area contributed by atoms with Crippen molar-refractivity contribution in [2.24, 2.45) is 0 Å². The summed E-state index contributed by atoms with van der Waals surface area (Å²) in [6, 6.07) is 11.2. The van der Waals surface area contributed by atoms with E-state index in [2.05, 4.69) is 4.98 Å². The van der Waals surface area contributed by atoms with Gasteiger partial charge in [-0.2, -0.15) is 5.10 Å². The van der Waals surface area contributed by atoms with Crippen molar-refractivity contribution < 1.29 is 19.0 Å². The second-order valence-electron chi connectivity index (χ2n) is 9.10. The van der Waals surface area contributed by atoms with E-state index in [-0.39, 0.29) is 18.8 Å². The van der Waals surface area contributed by atoms with Crippen LogP contribution in [0.3, 0.4) is 0 Å². The summed E-state index contributed by atoms with van der Waals surface area (Å²) >= 11 is 0. The molecular weight excluding hydrogens is 423 g/mol. The van der Waals surface area contributed by atoms with Crippen molar-refractivity contribution >= 4 is 22.7 Å². The van der Waals surface area contributed by atoms with Crippen molar-refractivity contribution in [1.82, 2.24) is 14.8 Å². The molecule has 1 aliphatic carbocycles. The van der Waals surface area contributed by atoms with Crippen molar-refractivity contribution in [3.8, 4) is 5.69 Å². The number of aromatic nitrogens is 3. The number of pyridine rings is 1. The first-order chi connectivity index (χ1) is 16.0. The normalized spacial score (nSPS) is 21.3. The van der Waals surface area contributed by atoms with Gasteiger partial charge in [0.2, 0.25) is 0 Å². The van der Waals surface area contributed by atoms with E-state index < -0.39 is 11.6 Å². The fraction of sp³-hybridized carbons (Fsp3) is 0.480. The van der Waals surface area contributed by atoms with Gasteiger partial charge < -0.3 is 14.7 Å². The first kappa shape index (κ1) is 21.8. The van der Waals surface area contributed by atoms with Gasteiger partial charge in [0.05, 0.1) is 35.6 Å². The smallest absolute Gasteiger partial charge is 0.354 e. The third-order valence-corrected chi connectivity index (χ3v) is 6.79. The van der Waals surface area contributed by atoms with E-state index in [1.165, 1.54) is 0 Å². The van der Waals surface area contributed by atoms with Gasteiger partial charge in [0.15, 0.2) is 17.0 Å². The third kappa shape index (κ3) is 4.08. The predicted octanol–water partition coefficient (Wildman–Crippen LogP) is 4.73. The molecule has 1 saturated heterocycles. The number of para-hydroxylation sites is 1. The number of halogens is 1. The number of carboxylic acid groups (broad SMARTS) is 1. The van der Waals surface area contributed by atoms with E-state index in [1.54, 1.807) is 10.7 Å². The number of ether oxygens (including phenoxy) is 1. The molecule has 1 unspecified atom stereocenters. The standard InChI is InChI=1S/C25H29FN4O3/c1-2-33-16-25(26)12-7-13-29(15-25)20-14-19(24(31)32)27-23-21(20)22(17-8-6-9-17)28-30(23)18-10-4-3-5-11-18/h3-5,10-11,14,17H,2,6-9,12-13,15-16H2,1H3,(H,31,32). The lowest BCUT2D eigenvalue weighted by atomic mass is 9.81. The molecule has 0 bridgehead atoms. The van der Waals surface area contributed by atoms with Crippen molar-refractivity contribution in [2.45, 2.75) is 50.6 Å². The van der Waals surface area contributed by atoms with Crippen LogP contribution in [0.5, 0.6) is 0 Å². The Morgan fingerprint density at radius 3 is 2.73 bits per heavy atom. The van der Waals surface area contributed by atoms with Gasteiger partial charge >= 0.3 is 5.97 Å². The zero-order chi connectivity index (χ0) is 23.0. The Morgan fingerprint density at radius 2 is 2.06 bits per heavy atom. The Balaban J connectivity index is 1.69. The van der Waals surface area contributed by atoms with Crippen molar-refractivity contribution in [3.05, 3.63) is 47.8 Å². The number of aromatic carboxylic acids is 1. The number of carbonyl (C=O) groups is 1. The average molecular weight is 453 g/mol. The van der Waals surface area contributed by atoms with Crippen LogP contribution in [-0.2, 0) is 4.74 Å². The lowest BCUT2D eigenvalue weighted by molar-refractivity contribution is 0.0112. The molecule has 1 N–H and O–H groups in total. The summed E-state index contributed by atoms with van der Waals surface area (Å²) in [5.41, 5.74) is 1.44. The maximum atomic E-state index is 15.6. The van der Waals surface area contributed by atoms with Crippen molar-refractivity contribution in [1.29, 1.82) is 0 Å². The number of piperidine rings is 1. The fourth-order valence-corrected chi connectivity index (χ4v) is 4.89. The molecule has 3 aromatic rings. The van der Waals surface area contributed by atoms with Gasteiger partial charge in [0, 0.05) is 19.1 Å². The lowest BCUT2D eigenvalue weighted by Gasteiger charge is -2.39. The minimum Gasteiger partial charge on any atom is -0.477 e. The Kier molecular flexibility index (Phi) is 5.78. The van der Waals surface area contributed by atoms with Gasteiger partial charge in [-0.05, 0) is 50.8 Å². The zero-order valence-electron chi connectivity index (χ0n) is 18.8. The minimum atomic E-state index is -1.47. The summed E-state index contributed by atoms with van der Waals surface area (Å²) in [4.78, 5) is 18.5. The molecule has 1 aromatic carbocycles. The monoisotopic (exact) mass is 452 g/mol. The van der Waals surface area contributed by atoms with Crippen LogP contribution in [0.2, 0.25) is 0 Å². The number of nitrogens with zero attached hydrogens (tertiary/aromatic N) is 4. The molecule has 0 amide bonds. The predicted molar refractivity (Wildman–Crippen MR) is 124 cm³/mol. The summed E-state index contributed by atoms with van der Waals surface area (Å²) in [5.74, 6) is -0.806. The minimum absolute atomic E-state index is 0.0404. The molecule has 7 nitrogen and oxygen atoms in total. The molecule has 2 fully saturated rings. The number of benzene rings is 1. The summed E-state index contributed by atoms with van der Waals surface area (Å²) < 4.78 is 22.8. The molecule has 33 heavy (non-hydrogen) atoms. The molecule has 1 atom stereocenters. The highest BCUT2D eigenvalue weighted by Gasteiger charge is 2.38. The number of hydrogen-bond acceptors (Lipinski definition) is 5. The third-order valence-electron chi connectivity index (χ3n) is 6.79. The second kappa shape index (κ2) is 8.74. The van der Waals surface area contributed by atoms with E-state index >= 15 is 4.39 Å². The number of anilines is 1. The van der Waals surface area contributed by atoms with Crippen LogP contribution in [0.1, 0.15) is 61.1 Å². The molecular formula is C25H29FN4O3. The molecule has 1 saturated carbocycles. The van der Waals surface area contributed by atoms with Crippen LogP contribution >= 0.6 is 0 Å². The Hall–Kier alpha value is -3.00. The Morgan fingerprint density at radius 1 is 1.27 bits per heavy atom. The van der Waals surface area contributed by atoms with Gasteiger partial charge in [0.25, 0.3) is 0 Å². The maximum absolute atomic E-state index is 15.6. The van der Waals surface area contributed by atoms with Crippen LogP contribution < -0.4 is 4.90 Å². The van der Waals surface area contributed by atoms with Gasteiger partial charge in [-0.1, -0.05) is 24.6 Å². The maximum Gasteiger partial charge on any atom is 0.354 e. The Labute approximate surface area is 192 Å². The summed E-state index contributed by atoms with van der Waals surface area (Å²) in [6.07, 6.45) is 4.33.